The third-order valence-electron chi connectivity index (χ3n) is 4.75. The summed E-state index contributed by atoms with van der Waals surface area (Å²) in [7, 11) is 0. The number of carbonyl (C=O) groups excluding carboxylic acids is 1. The molecule has 1 heterocycles. The smallest absolute Gasteiger partial charge is 0.256 e. The van der Waals surface area contributed by atoms with E-state index in [1.807, 2.05) is 32.9 Å². The Morgan fingerprint density at radius 2 is 1.96 bits per heavy atom. The summed E-state index contributed by atoms with van der Waals surface area (Å²) in [5.41, 5.74) is 5.62. The number of nitriles is 1. The van der Waals surface area contributed by atoms with Crippen LogP contribution in [0.5, 0.6) is 0 Å². The van der Waals surface area contributed by atoms with Gasteiger partial charge in [-0.25, -0.2) is 0 Å². The van der Waals surface area contributed by atoms with Crippen molar-refractivity contribution in [2.24, 2.45) is 5.92 Å². The molecule has 1 amide bonds. The number of thiophene rings is 1. The van der Waals surface area contributed by atoms with Gasteiger partial charge in [-0.05, 0) is 62.6 Å². The number of benzene rings is 1. The second kappa shape index (κ2) is 6.41. The highest BCUT2D eigenvalue weighted by Crippen LogP contribution is 2.39. The number of nitrogens with one attached hydrogen (secondary N) is 1. The molecule has 3 rings (SSSR count). The molecule has 2 aromatic rings. The van der Waals surface area contributed by atoms with E-state index in [0.29, 0.717) is 22.0 Å². The van der Waals surface area contributed by atoms with Crippen LogP contribution in [0.2, 0.25) is 0 Å². The molecule has 0 saturated carbocycles. The molecule has 124 valence electrons. The maximum Gasteiger partial charge on any atom is 0.256 e. The summed E-state index contributed by atoms with van der Waals surface area (Å²) < 4.78 is 0. The van der Waals surface area contributed by atoms with Crippen molar-refractivity contribution in [2.75, 3.05) is 5.32 Å². The van der Waals surface area contributed by atoms with Crippen molar-refractivity contribution in [3.05, 3.63) is 50.4 Å². The average Bonchev–Trinajstić information content (AvgIpc) is 2.81. The van der Waals surface area contributed by atoms with Gasteiger partial charge < -0.3 is 5.32 Å². The van der Waals surface area contributed by atoms with Gasteiger partial charge in [-0.2, -0.15) is 5.26 Å². The molecule has 24 heavy (non-hydrogen) atoms. The van der Waals surface area contributed by atoms with Crippen LogP contribution >= 0.6 is 11.3 Å². The van der Waals surface area contributed by atoms with Gasteiger partial charge in [0, 0.05) is 10.4 Å². The fourth-order valence-corrected chi connectivity index (χ4v) is 5.02. The Morgan fingerprint density at radius 1 is 1.29 bits per heavy atom. The van der Waals surface area contributed by atoms with Crippen LogP contribution in [0.25, 0.3) is 0 Å². The number of carbonyl (C=O) groups is 1. The Bertz CT molecular complexity index is 834. The van der Waals surface area contributed by atoms with Crippen LogP contribution in [0.1, 0.15) is 56.4 Å². The van der Waals surface area contributed by atoms with Crippen molar-refractivity contribution in [3.8, 4) is 6.07 Å². The van der Waals surface area contributed by atoms with Gasteiger partial charge in [-0.3, -0.25) is 4.79 Å². The number of amides is 1. The van der Waals surface area contributed by atoms with Crippen molar-refractivity contribution in [3.63, 3.8) is 0 Å². The zero-order valence-electron chi connectivity index (χ0n) is 14.6. The van der Waals surface area contributed by atoms with Gasteiger partial charge >= 0.3 is 0 Å². The maximum atomic E-state index is 12.8. The minimum atomic E-state index is -0.117. The summed E-state index contributed by atoms with van der Waals surface area (Å²) in [6, 6.07) is 6.35. The van der Waals surface area contributed by atoms with Gasteiger partial charge in [0.1, 0.15) is 11.1 Å². The molecule has 0 radical (unpaired) electrons. The number of hydrogen-bond donors (Lipinski definition) is 1. The van der Waals surface area contributed by atoms with Crippen molar-refractivity contribution in [1.82, 2.24) is 0 Å². The summed E-state index contributed by atoms with van der Waals surface area (Å²) in [6.45, 7) is 8.19. The van der Waals surface area contributed by atoms with E-state index in [4.69, 9.17) is 0 Å². The van der Waals surface area contributed by atoms with Crippen LogP contribution in [0.3, 0.4) is 0 Å². The largest absolute Gasteiger partial charge is 0.312 e. The highest BCUT2D eigenvalue weighted by atomic mass is 32.1. The van der Waals surface area contributed by atoms with Crippen LogP contribution in [-0.2, 0) is 12.8 Å². The lowest BCUT2D eigenvalue weighted by atomic mass is 9.88. The fraction of sp³-hybridized carbons (Fsp3) is 0.400. The van der Waals surface area contributed by atoms with E-state index < -0.39 is 0 Å². The van der Waals surface area contributed by atoms with Gasteiger partial charge in [-0.15, -0.1) is 11.3 Å². The third kappa shape index (κ3) is 2.97. The first-order valence-electron chi connectivity index (χ1n) is 8.34. The molecular formula is C20H22N2OS. The third-order valence-corrected chi connectivity index (χ3v) is 5.92. The first kappa shape index (κ1) is 16.7. The molecule has 1 aromatic carbocycles. The predicted octanol–water partition coefficient (Wildman–Crippen LogP) is 4.92. The molecule has 4 heteroatoms. The van der Waals surface area contributed by atoms with Crippen LogP contribution in [0.4, 0.5) is 5.00 Å². The van der Waals surface area contributed by atoms with E-state index in [1.54, 1.807) is 11.3 Å². The molecular weight excluding hydrogens is 316 g/mol. The zero-order chi connectivity index (χ0) is 17.4. The Hall–Kier alpha value is -2.12. The van der Waals surface area contributed by atoms with Crippen molar-refractivity contribution in [2.45, 2.75) is 47.0 Å². The molecule has 0 aliphatic heterocycles. The lowest BCUT2D eigenvalue weighted by Gasteiger charge is -2.17. The first-order chi connectivity index (χ1) is 11.4. The molecule has 1 N–H and O–H groups in total. The first-order valence-corrected chi connectivity index (χ1v) is 9.16. The molecule has 0 saturated heterocycles. The summed E-state index contributed by atoms with van der Waals surface area (Å²) in [5.74, 6) is 0.529. The van der Waals surface area contributed by atoms with E-state index in [9.17, 15) is 10.1 Å². The second-order valence-electron chi connectivity index (χ2n) is 6.90. The molecule has 1 aliphatic rings. The van der Waals surface area contributed by atoms with Crippen LogP contribution in [0.15, 0.2) is 12.1 Å². The van der Waals surface area contributed by atoms with Crippen molar-refractivity contribution in [1.29, 1.82) is 5.26 Å². The molecule has 0 fully saturated rings. The Labute approximate surface area is 147 Å². The van der Waals surface area contributed by atoms with Crippen molar-refractivity contribution < 1.29 is 4.79 Å². The summed E-state index contributed by atoms with van der Waals surface area (Å²) >= 11 is 1.57. The molecule has 0 bridgehead atoms. The van der Waals surface area contributed by atoms with Crippen LogP contribution in [0, 0.1) is 38.0 Å². The van der Waals surface area contributed by atoms with Gasteiger partial charge in [0.2, 0.25) is 0 Å². The van der Waals surface area contributed by atoms with E-state index in [0.717, 1.165) is 41.5 Å². The monoisotopic (exact) mass is 338 g/mol. The second-order valence-corrected chi connectivity index (χ2v) is 8.00. The van der Waals surface area contributed by atoms with E-state index in [-0.39, 0.29) is 5.91 Å². The quantitative estimate of drug-likeness (QED) is 0.845. The fourth-order valence-electron chi connectivity index (χ4n) is 3.66. The van der Waals surface area contributed by atoms with Gasteiger partial charge in [-0.1, -0.05) is 24.6 Å². The van der Waals surface area contributed by atoms with E-state index in [2.05, 4.69) is 18.3 Å². The highest BCUT2D eigenvalue weighted by Gasteiger charge is 2.25. The van der Waals surface area contributed by atoms with Gasteiger partial charge in [0.05, 0.1) is 5.56 Å². The molecule has 1 aliphatic carbocycles. The predicted molar refractivity (Wildman–Crippen MR) is 98.8 cm³/mol. The number of nitrogens with zero attached hydrogens (tertiary/aromatic N) is 1. The van der Waals surface area contributed by atoms with Gasteiger partial charge in [0.15, 0.2) is 0 Å². The van der Waals surface area contributed by atoms with Gasteiger partial charge in [0.25, 0.3) is 5.91 Å². The van der Waals surface area contributed by atoms with Crippen molar-refractivity contribution >= 4 is 22.2 Å². The lowest BCUT2D eigenvalue weighted by molar-refractivity contribution is 0.102. The Balaban J connectivity index is 1.95. The number of anilines is 1. The Kier molecular flexibility index (Phi) is 4.47. The molecule has 0 unspecified atom stereocenters. The van der Waals surface area contributed by atoms with E-state index in [1.165, 1.54) is 4.88 Å². The summed E-state index contributed by atoms with van der Waals surface area (Å²) in [6.07, 6.45) is 3.06. The minimum absolute atomic E-state index is 0.117. The molecule has 3 nitrogen and oxygen atoms in total. The molecule has 1 aromatic heterocycles. The van der Waals surface area contributed by atoms with E-state index >= 15 is 0 Å². The highest BCUT2D eigenvalue weighted by molar-refractivity contribution is 7.16. The average molecular weight is 338 g/mol. The molecule has 0 spiro atoms. The standard InChI is InChI=1S/C20H22N2OS/c1-11-5-6-15-16(10-21)20(24-17(15)9-11)22-19(23)18-13(3)7-12(2)8-14(18)4/h7-8,11H,5-6,9H2,1-4H3,(H,22,23)/t11-/m1/s1. The normalized spacial score (nSPS) is 16.4. The lowest BCUT2D eigenvalue weighted by Crippen LogP contribution is -2.15. The minimum Gasteiger partial charge on any atom is -0.312 e. The topological polar surface area (TPSA) is 52.9 Å². The maximum absolute atomic E-state index is 12.8. The summed E-state index contributed by atoms with van der Waals surface area (Å²) in [4.78, 5) is 14.1. The van der Waals surface area contributed by atoms with Crippen LogP contribution in [-0.4, -0.2) is 5.91 Å². The SMILES string of the molecule is Cc1cc(C)c(C(=O)Nc2sc3c(c2C#N)CC[C@@H](C)C3)c(C)c1. The Morgan fingerprint density at radius 3 is 2.58 bits per heavy atom. The number of rotatable bonds is 2. The zero-order valence-corrected chi connectivity index (χ0v) is 15.4. The van der Waals surface area contributed by atoms with Crippen LogP contribution < -0.4 is 5.32 Å². The molecule has 1 atom stereocenters. The number of fused-ring (bicyclic) bond motifs is 1. The summed E-state index contributed by atoms with van der Waals surface area (Å²) in [5, 5.41) is 13.3. The number of hydrogen-bond acceptors (Lipinski definition) is 3. The number of aryl methyl sites for hydroxylation is 3.